The van der Waals surface area contributed by atoms with Gasteiger partial charge >= 0.3 is 0 Å². The molecule has 0 saturated heterocycles. The fraction of sp³-hybridized carbons (Fsp3) is 0.143. The Labute approximate surface area is 121 Å². The number of nitrogens with one attached hydrogen (secondary N) is 1. The van der Waals surface area contributed by atoms with E-state index in [1.807, 2.05) is 13.0 Å². The molecule has 0 saturated carbocycles. The van der Waals surface area contributed by atoms with Crippen LogP contribution >= 0.6 is 23.2 Å². The molecule has 0 bridgehead atoms. The maximum absolute atomic E-state index is 11.9. The molecule has 0 aliphatic rings. The van der Waals surface area contributed by atoms with Crippen molar-refractivity contribution in [3.8, 4) is 0 Å². The largest absolute Gasteiger partial charge is 0.324 e. The summed E-state index contributed by atoms with van der Waals surface area (Å²) in [6.07, 6.45) is 3.50. The monoisotopic (exact) mass is 294 g/mol. The molecule has 0 radical (unpaired) electrons. The molecule has 0 spiro atoms. The summed E-state index contributed by atoms with van der Waals surface area (Å²) in [5.41, 5.74) is 2.41. The Morgan fingerprint density at radius 3 is 2.79 bits per heavy atom. The van der Waals surface area contributed by atoms with Gasteiger partial charge in [-0.05, 0) is 36.2 Å². The molecule has 19 heavy (non-hydrogen) atoms. The third kappa shape index (κ3) is 3.69. The minimum Gasteiger partial charge on any atom is -0.324 e. The van der Waals surface area contributed by atoms with E-state index >= 15 is 0 Å². The van der Waals surface area contributed by atoms with Gasteiger partial charge in [0.2, 0.25) is 5.91 Å². The SMILES string of the molecule is Cc1ccncc1NC(=O)Cc1ccc(Cl)cc1Cl. The van der Waals surface area contributed by atoms with Crippen molar-refractivity contribution in [3.05, 3.63) is 57.8 Å². The van der Waals surface area contributed by atoms with Crippen molar-refractivity contribution in [2.75, 3.05) is 5.32 Å². The van der Waals surface area contributed by atoms with Crippen molar-refractivity contribution in [3.63, 3.8) is 0 Å². The molecule has 2 aromatic rings. The summed E-state index contributed by atoms with van der Waals surface area (Å²) in [6, 6.07) is 6.93. The van der Waals surface area contributed by atoms with E-state index in [2.05, 4.69) is 10.3 Å². The van der Waals surface area contributed by atoms with Crippen LogP contribution in [0.5, 0.6) is 0 Å². The third-order valence-corrected chi connectivity index (χ3v) is 3.27. The van der Waals surface area contributed by atoms with Crippen molar-refractivity contribution < 1.29 is 4.79 Å². The average molecular weight is 295 g/mol. The molecular formula is C14H12Cl2N2O. The van der Waals surface area contributed by atoms with Gasteiger partial charge in [0, 0.05) is 16.2 Å². The van der Waals surface area contributed by atoms with Crippen LogP contribution in [0.25, 0.3) is 0 Å². The van der Waals surface area contributed by atoms with Crippen LogP contribution in [-0.2, 0) is 11.2 Å². The maximum Gasteiger partial charge on any atom is 0.228 e. The molecule has 0 aliphatic heterocycles. The number of aromatic nitrogens is 1. The van der Waals surface area contributed by atoms with Gasteiger partial charge in [-0.15, -0.1) is 0 Å². The van der Waals surface area contributed by atoms with Gasteiger partial charge in [0.25, 0.3) is 0 Å². The van der Waals surface area contributed by atoms with E-state index in [4.69, 9.17) is 23.2 Å². The van der Waals surface area contributed by atoms with Gasteiger partial charge in [-0.25, -0.2) is 0 Å². The second-order valence-corrected chi connectivity index (χ2v) is 4.99. The molecule has 3 nitrogen and oxygen atoms in total. The Hall–Kier alpha value is -1.58. The Balaban J connectivity index is 2.08. The van der Waals surface area contributed by atoms with Crippen molar-refractivity contribution in [1.29, 1.82) is 0 Å². The first-order valence-corrected chi connectivity index (χ1v) is 6.46. The summed E-state index contributed by atoms with van der Waals surface area (Å²) < 4.78 is 0. The molecule has 0 unspecified atom stereocenters. The fourth-order valence-electron chi connectivity index (χ4n) is 1.63. The number of pyridine rings is 1. The Bertz CT molecular complexity index is 614. The first-order chi connectivity index (χ1) is 9.06. The molecule has 0 aliphatic carbocycles. The van der Waals surface area contributed by atoms with Crippen molar-refractivity contribution in [2.45, 2.75) is 13.3 Å². The average Bonchev–Trinajstić information content (AvgIpc) is 2.36. The highest BCUT2D eigenvalue weighted by molar-refractivity contribution is 6.35. The number of hydrogen-bond acceptors (Lipinski definition) is 2. The number of halogens is 2. The van der Waals surface area contributed by atoms with Gasteiger partial charge in [-0.2, -0.15) is 0 Å². The minimum absolute atomic E-state index is 0.139. The Kier molecular flexibility index (Phi) is 4.40. The Morgan fingerprint density at radius 1 is 1.32 bits per heavy atom. The lowest BCUT2D eigenvalue weighted by Crippen LogP contribution is -2.15. The van der Waals surface area contributed by atoms with Crippen LogP contribution in [0.4, 0.5) is 5.69 Å². The topological polar surface area (TPSA) is 42.0 Å². The van der Waals surface area contributed by atoms with E-state index < -0.39 is 0 Å². The van der Waals surface area contributed by atoms with Gasteiger partial charge in [-0.3, -0.25) is 9.78 Å². The first kappa shape index (κ1) is 13.8. The Morgan fingerprint density at radius 2 is 2.11 bits per heavy atom. The lowest BCUT2D eigenvalue weighted by molar-refractivity contribution is -0.115. The van der Waals surface area contributed by atoms with E-state index in [9.17, 15) is 4.79 Å². The highest BCUT2D eigenvalue weighted by Crippen LogP contribution is 2.22. The van der Waals surface area contributed by atoms with E-state index in [1.54, 1.807) is 30.6 Å². The maximum atomic E-state index is 11.9. The minimum atomic E-state index is -0.139. The number of hydrogen-bond donors (Lipinski definition) is 1. The van der Waals surface area contributed by atoms with Crippen LogP contribution < -0.4 is 5.32 Å². The molecule has 1 aromatic carbocycles. The van der Waals surface area contributed by atoms with Gasteiger partial charge in [0.05, 0.1) is 18.3 Å². The summed E-state index contributed by atoms with van der Waals surface area (Å²) >= 11 is 11.8. The lowest BCUT2D eigenvalue weighted by Gasteiger charge is -2.08. The van der Waals surface area contributed by atoms with Crippen molar-refractivity contribution >= 4 is 34.8 Å². The van der Waals surface area contributed by atoms with E-state index in [-0.39, 0.29) is 12.3 Å². The zero-order valence-electron chi connectivity index (χ0n) is 10.3. The van der Waals surface area contributed by atoms with Crippen LogP contribution in [0.15, 0.2) is 36.7 Å². The molecule has 1 aromatic heterocycles. The molecule has 0 fully saturated rings. The number of anilines is 1. The second-order valence-electron chi connectivity index (χ2n) is 4.15. The summed E-state index contributed by atoms with van der Waals surface area (Å²) in [5.74, 6) is -0.139. The highest BCUT2D eigenvalue weighted by atomic mass is 35.5. The van der Waals surface area contributed by atoms with Gasteiger partial charge < -0.3 is 5.32 Å². The zero-order valence-corrected chi connectivity index (χ0v) is 11.8. The molecule has 98 valence electrons. The number of benzene rings is 1. The number of amides is 1. The fourth-order valence-corrected chi connectivity index (χ4v) is 2.10. The molecule has 1 amide bonds. The first-order valence-electron chi connectivity index (χ1n) is 5.70. The number of carbonyl (C=O) groups excluding carboxylic acids is 1. The van der Waals surface area contributed by atoms with Gasteiger partial charge in [0.15, 0.2) is 0 Å². The summed E-state index contributed by atoms with van der Waals surface area (Å²) in [4.78, 5) is 15.9. The quantitative estimate of drug-likeness (QED) is 0.933. The normalized spacial score (nSPS) is 10.3. The van der Waals surface area contributed by atoms with Crippen LogP contribution in [0.3, 0.4) is 0 Å². The summed E-state index contributed by atoms with van der Waals surface area (Å²) in [7, 11) is 0. The van der Waals surface area contributed by atoms with E-state index in [0.29, 0.717) is 15.7 Å². The molecule has 1 heterocycles. The van der Waals surface area contributed by atoms with E-state index in [1.165, 1.54) is 0 Å². The third-order valence-electron chi connectivity index (χ3n) is 2.68. The van der Waals surface area contributed by atoms with Crippen LogP contribution in [-0.4, -0.2) is 10.9 Å². The molecule has 1 N–H and O–H groups in total. The predicted molar refractivity (Wildman–Crippen MR) is 77.8 cm³/mol. The standard InChI is InChI=1S/C14H12Cl2N2O/c1-9-4-5-17-8-13(9)18-14(19)6-10-2-3-11(15)7-12(10)16/h2-5,7-8H,6H2,1H3,(H,18,19). The van der Waals surface area contributed by atoms with Crippen LogP contribution in [0.2, 0.25) is 10.0 Å². The molecule has 2 rings (SSSR count). The second kappa shape index (κ2) is 6.04. The molecule has 0 atom stereocenters. The molecule has 5 heteroatoms. The summed E-state index contributed by atoms with van der Waals surface area (Å²) in [5, 5.41) is 3.85. The smallest absolute Gasteiger partial charge is 0.228 e. The number of nitrogens with zero attached hydrogens (tertiary/aromatic N) is 1. The van der Waals surface area contributed by atoms with E-state index in [0.717, 1.165) is 11.1 Å². The predicted octanol–water partition coefficient (Wildman–Crippen LogP) is 3.88. The van der Waals surface area contributed by atoms with Crippen LogP contribution in [0, 0.1) is 6.92 Å². The van der Waals surface area contributed by atoms with Crippen molar-refractivity contribution in [2.24, 2.45) is 0 Å². The lowest BCUT2D eigenvalue weighted by atomic mass is 10.1. The van der Waals surface area contributed by atoms with Gasteiger partial charge in [0.1, 0.15) is 0 Å². The number of aryl methyl sites for hydroxylation is 1. The van der Waals surface area contributed by atoms with Crippen molar-refractivity contribution in [1.82, 2.24) is 4.98 Å². The highest BCUT2D eigenvalue weighted by Gasteiger charge is 2.09. The number of rotatable bonds is 3. The van der Waals surface area contributed by atoms with Gasteiger partial charge in [-0.1, -0.05) is 29.3 Å². The summed E-state index contributed by atoms with van der Waals surface area (Å²) in [6.45, 7) is 1.91. The van der Waals surface area contributed by atoms with Crippen LogP contribution in [0.1, 0.15) is 11.1 Å². The zero-order chi connectivity index (χ0) is 13.8. The molecular weight excluding hydrogens is 283 g/mol. The number of carbonyl (C=O) groups is 1.